The van der Waals surface area contributed by atoms with Gasteiger partial charge < -0.3 is 5.73 Å². The predicted octanol–water partition coefficient (Wildman–Crippen LogP) is 3.17. The number of hydrogen-bond donors (Lipinski definition) is 1. The lowest BCUT2D eigenvalue weighted by Gasteiger charge is -2.24. The van der Waals surface area contributed by atoms with Gasteiger partial charge in [0.1, 0.15) is 0 Å². The lowest BCUT2D eigenvalue weighted by molar-refractivity contribution is 0.579. The molecule has 1 nitrogen and oxygen atoms in total. The van der Waals surface area contributed by atoms with E-state index in [2.05, 4.69) is 45.5 Å². The highest BCUT2D eigenvalue weighted by Crippen LogP contribution is 2.28. The van der Waals surface area contributed by atoms with E-state index in [1.807, 2.05) is 6.07 Å². The van der Waals surface area contributed by atoms with Gasteiger partial charge in [0, 0.05) is 6.04 Å². The fourth-order valence-corrected chi connectivity index (χ4v) is 1.60. The largest absolute Gasteiger partial charge is 0.321 e. The standard InChI is InChI=1S/C13H19N/c1-5-12(14)10-8-6-7-9-11(10)13(2,3)4/h5-9,12H,1,14H2,2-4H3/t12-/m0/s1. The first-order chi connectivity index (χ1) is 6.46. The van der Waals surface area contributed by atoms with Crippen LogP contribution in [-0.2, 0) is 5.41 Å². The molecule has 14 heavy (non-hydrogen) atoms. The molecule has 0 radical (unpaired) electrons. The summed E-state index contributed by atoms with van der Waals surface area (Å²) in [7, 11) is 0. The molecule has 1 aromatic rings. The van der Waals surface area contributed by atoms with Crippen LogP contribution in [-0.4, -0.2) is 0 Å². The highest BCUT2D eigenvalue weighted by atomic mass is 14.6. The molecule has 2 N–H and O–H groups in total. The average molecular weight is 189 g/mol. The van der Waals surface area contributed by atoms with Gasteiger partial charge in [-0.05, 0) is 16.5 Å². The zero-order chi connectivity index (χ0) is 10.8. The summed E-state index contributed by atoms with van der Waals surface area (Å²) in [6, 6.07) is 8.23. The molecule has 0 bridgehead atoms. The van der Waals surface area contributed by atoms with Gasteiger partial charge in [-0.25, -0.2) is 0 Å². The molecule has 0 aromatic heterocycles. The summed E-state index contributed by atoms with van der Waals surface area (Å²) in [5.41, 5.74) is 8.58. The Morgan fingerprint density at radius 1 is 1.29 bits per heavy atom. The zero-order valence-electron chi connectivity index (χ0n) is 9.25. The van der Waals surface area contributed by atoms with Crippen LogP contribution >= 0.6 is 0 Å². The summed E-state index contributed by atoms with van der Waals surface area (Å²) < 4.78 is 0. The maximum atomic E-state index is 5.97. The Balaban J connectivity index is 3.22. The Kier molecular flexibility index (Phi) is 3.12. The quantitative estimate of drug-likeness (QED) is 0.710. The van der Waals surface area contributed by atoms with Crippen LogP contribution in [0, 0.1) is 0 Å². The lowest BCUT2D eigenvalue weighted by Crippen LogP contribution is -2.18. The van der Waals surface area contributed by atoms with Crippen molar-refractivity contribution in [3.8, 4) is 0 Å². The second kappa shape index (κ2) is 3.97. The number of nitrogens with two attached hydrogens (primary N) is 1. The van der Waals surface area contributed by atoms with Crippen molar-refractivity contribution in [2.75, 3.05) is 0 Å². The van der Waals surface area contributed by atoms with E-state index in [1.165, 1.54) is 11.1 Å². The van der Waals surface area contributed by atoms with Crippen LogP contribution in [0.4, 0.5) is 0 Å². The Labute approximate surface area is 86.6 Å². The lowest BCUT2D eigenvalue weighted by atomic mass is 9.82. The maximum absolute atomic E-state index is 5.97. The normalized spacial score (nSPS) is 13.7. The third-order valence-electron chi connectivity index (χ3n) is 2.38. The van der Waals surface area contributed by atoms with E-state index in [0.29, 0.717) is 0 Å². The summed E-state index contributed by atoms with van der Waals surface area (Å²) in [5.74, 6) is 0. The zero-order valence-corrected chi connectivity index (χ0v) is 9.25. The van der Waals surface area contributed by atoms with Crippen molar-refractivity contribution < 1.29 is 0 Å². The molecule has 1 aromatic carbocycles. The van der Waals surface area contributed by atoms with E-state index >= 15 is 0 Å². The molecule has 0 fully saturated rings. The van der Waals surface area contributed by atoms with Gasteiger partial charge in [-0.15, -0.1) is 6.58 Å². The van der Waals surface area contributed by atoms with E-state index in [0.717, 1.165) is 0 Å². The monoisotopic (exact) mass is 189 g/mol. The Morgan fingerprint density at radius 2 is 1.86 bits per heavy atom. The van der Waals surface area contributed by atoms with Gasteiger partial charge in [-0.3, -0.25) is 0 Å². The highest BCUT2D eigenvalue weighted by Gasteiger charge is 2.18. The molecule has 0 heterocycles. The maximum Gasteiger partial charge on any atom is 0.0481 e. The van der Waals surface area contributed by atoms with E-state index in [4.69, 9.17) is 5.73 Å². The third kappa shape index (κ3) is 2.24. The second-order valence-corrected chi connectivity index (χ2v) is 4.60. The van der Waals surface area contributed by atoms with Crippen molar-refractivity contribution >= 4 is 0 Å². The van der Waals surface area contributed by atoms with Crippen molar-refractivity contribution in [2.24, 2.45) is 5.73 Å². The van der Waals surface area contributed by atoms with Crippen LogP contribution in [0.5, 0.6) is 0 Å². The van der Waals surface area contributed by atoms with Crippen molar-refractivity contribution in [3.05, 3.63) is 48.0 Å². The molecule has 0 amide bonds. The Morgan fingerprint density at radius 3 is 2.36 bits per heavy atom. The highest BCUT2D eigenvalue weighted by molar-refractivity contribution is 5.36. The molecule has 0 saturated carbocycles. The van der Waals surface area contributed by atoms with Gasteiger partial charge in [-0.1, -0.05) is 51.1 Å². The summed E-state index contributed by atoms with van der Waals surface area (Å²) in [4.78, 5) is 0. The molecule has 1 rings (SSSR count). The smallest absolute Gasteiger partial charge is 0.0481 e. The van der Waals surface area contributed by atoms with Crippen LogP contribution in [0.1, 0.15) is 37.9 Å². The molecule has 0 aliphatic heterocycles. The second-order valence-electron chi connectivity index (χ2n) is 4.60. The first-order valence-electron chi connectivity index (χ1n) is 4.94. The summed E-state index contributed by atoms with van der Waals surface area (Å²) in [6.45, 7) is 10.3. The number of benzene rings is 1. The fraction of sp³-hybridized carbons (Fsp3) is 0.385. The van der Waals surface area contributed by atoms with Crippen molar-refractivity contribution in [1.82, 2.24) is 0 Å². The minimum Gasteiger partial charge on any atom is -0.321 e. The molecule has 0 aliphatic rings. The Bertz CT molecular complexity index is 320. The number of rotatable bonds is 2. The molecule has 0 spiro atoms. The molecule has 1 atom stereocenters. The molecular formula is C13H19N. The average Bonchev–Trinajstić information content (AvgIpc) is 2.15. The topological polar surface area (TPSA) is 26.0 Å². The van der Waals surface area contributed by atoms with E-state index in [-0.39, 0.29) is 11.5 Å². The minimum absolute atomic E-state index is 0.0644. The molecule has 0 aliphatic carbocycles. The Hall–Kier alpha value is -1.08. The first-order valence-corrected chi connectivity index (χ1v) is 4.94. The molecule has 1 heteroatoms. The van der Waals surface area contributed by atoms with E-state index in [1.54, 1.807) is 6.08 Å². The third-order valence-corrected chi connectivity index (χ3v) is 2.38. The predicted molar refractivity (Wildman–Crippen MR) is 62.3 cm³/mol. The van der Waals surface area contributed by atoms with Crippen LogP contribution in [0.25, 0.3) is 0 Å². The molecule has 0 unspecified atom stereocenters. The fourth-order valence-electron chi connectivity index (χ4n) is 1.60. The minimum atomic E-state index is -0.0644. The van der Waals surface area contributed by atoms with Crippen LogP contribution < -0.4 is 5.73 Å². The summed E-state index contributed by atoms with van der Waals surface area (Å²) >= 11 is 0. The number of hydrogen-bond acceptors (Lipinski definition) is 1. The first kappa shape index (κ1) is 11.0. The van der Waals surface area contributed by atoms with E-state index < -0.39 is 0 Å². The van der Waals surface area contributed by atoms with Crippen molar-refractivity contribution in [1.29, 1.82) is 0 Å². The van der Waals surface area contributed by atoms with Crippen molar-refractivity contribution in [3.63, 3.8) is 0 Å². The van der Waals surface area contributed by atoms with Crippen LogP contribution in [0.15, 0.2) is 36.9 Å². The summed E-state index contributed by atoms with van der Waals surface area (Å²) in [5, 5.41) is 0. The van der Waals surface area contributed by atoms with Gasteiger partial charge in [0.05, 0.1) is 0 Å². The molecule has 76 valence electrons. The van der Waals surface area contributed by atoms with Crippen LogP contribution in [0.3, 0.4) is 0 Å². The van der Waals surface area contributed by atoms with Gasteiger partial charge in [0.25, 0.3) is 0 Å². The van der Waals surface area contributed by atoms with Crippen molar-refractivity contribution in [2.45, 2.75) is 32.2 Å². The SMILES string of the molecule is C=C[C@H](N)c1ccccc1C(C)(C)C. The molecule has 0 saturated heterocycles. The van der Waals surface area contributed by atoms with Gasteiger partial charge >= 0.3 is 0 Å². The van der Waals surface area contributed by atoms with Gasteiger partial charge in [0.2, 0.25) is 0 Å². The summed E-state index contributed by atoms with van der Waals surface area (Å²) in [6.07, 6.45) is 1.78. The molecular weight excluding hydrogens is 170 g/mol. The van der Waals surface area contributed by atoms with E-state index in [9.17, 15) is 0 Å². The van der Waals surface area contributed by atoms with Gasteiger partial charge in [-0.2, -0.15) is 0 Å². The van der Waals surface area contributed by atoms with Gasteiger partial charge in [0.15, 0.2) is 0 Å². The van der Waals surface area contributed by atoms with Crippen LogP contribution in [0.2, 0.25) is 0 Å².